The summed E-state index contributed by atoms with van der Waals surface area (Å²) < 4.78 is 0. The van der Waals surface area contributed by atoms with Gasteiger partial charge in [0.15, 0.2) is 0 Å². The lowest BCUT2D eigenvalue weighted by molar-refractivity contribution is 0.837. The van der Waals surface area contributed by atoms with E-state index in [1.807, 2.05) is 6.07 Å². The monoisotopic (exact) mass is 229 g/mol. The summed E-state index contributed by atoms with van der Waals surface area (Å²) >= 11 is 0. The number of rotatable bonds is 2. The van der Waals surface area contributed by atoms with E-state index in [0.717, 1.165) is 10.9 Å². The third-order valence-corrected chi connectivity index (χ3v) is 3.05. The van der Waals surface area contributed by atoms with Crippen LogP contribution in [0.5, 0.6) is 0 Å². The van der Waals surface area contributed by atoms with Gasteiger partial charge >= 0.3 is 0 Å². The maximum Gasteiger partial charge on any atom is 0.146 e. The Hall–Kier alpha value is -1.64. The first-order valence-corrected chi connectivity index (χ1v) is 6.05. The molecule has 0 fully saturated rings. The highest BCUT2D eigenvalue weighted by Crippen LogP contribution is 2.28. The van der Waals surface area contributed by atoms with Crippen molar-refractivity contribution >= 4 is 16.7 Å². The fourth-order valence-corrected chi connectivity index (χ4v) is 2.00. The summed E-state index contributed by atoms with van der Waals surface area (Å²) in [7, 11) is 0. The van der Waals surface area contributed by atoms with E-state index in [9.17, 15) is 0 Å². The molecule has 0 aliphatic heterocycles. The Morgan fingerprint density at radius 3 is 2.24 bits per heavy atom. The maximum absolute atomic E-state index is 5.70. The molecule has 2 N–H and O–H groups in total. The average molecular weight is 229 g/mol. The second kappa shape index (κ2) is 4.32. The molecule has 1 aromatic heterocycles. The van der Waals surface area contributed by atoms with Crippen LogP contribution in [0.4, 0.5) is 5.82 Å². The highest BCUT2D eigenvalue weighted by Gasteiger charge is 2.11. The zero-order chi connectivity index (χ0) is 12.6. The largest absolute Gasteiger partial charge is 0.382 e. The van der Waals surface area contributed by atoms with E-state index in [1.165, 1.54) is 11.1 Å². The third kappa shape index (κ3) is 2.23. The quantitative estimate of drug-likeness (QED) is 0.858. The third-order valence-electron chi connectivity index (χ3n) is 3.05. The van der Waals surface area contributed by atoms with Gasteiger partial charge in [0, 0.05) is 5.39 Å². The van der Waals surface area contributed by atoms with E-state index in [4.69, 9.17) is 5.73 Å². The Balaban J connectivity index is 2.76. The smallest absolute Gasteiger partial charge is 0.146 e. The molecule has 3 heteroatoms. The van der Waals surface area contributed by atoms with Gasteiger partial charge in [0.2, 0.25) is 0 Å². The predicted octanol–water partition coefficient (Wildman–Crippen LogP) is 3.46. The van der Waals surface area contributed by atoms with Gasteiger partial charge in [-0.1, -0.05) is 33.8 Å². The van der Waals surface area contributed by atoms with Crippen LogP contribution in [0.1, 0.15) is 50.7 Å². The molecule has 2 rings (SSSR count). The summed E-state index contributed by atoms with van der Waals surface area (Å²) in [4.78, 5) is 0. The molecule has 0 bridgehead atoms. The molecule has 2 aromatic rings. The van der Waals surface area contributed by atoms with Crippen LogP contribution in [0.2, 0.25) is 0 Å². The van der Waals surface area contributed by atoms with E-state index in [1.54, 1.807) is 0 Å². The van der Waals surface area contributed by atoms with Crippen molar-refractivity contribution in [3.63, 3.8) is 0 Å². The van der Waals surface area contributed by atoms with E-state index in [0.29, 0.717) is 17.7 Å². The van der Waals surface area contributed by atoms with Crippen molar-refractivity contribution in [1.82, 2.24) is 10.2 Å². The van der Waals surface area contributed by atoms with Crippen LogP contribution in [0.25, 0.3) is 10.9 Å². The summed E-state index contributed by atoms with van der Waals surface area (Å²) in [6.07, 6.45) is 0. The summed E-state index contributed by atoms with van der Waals surface area (Å²) in [6, 6.07) is 6.31. The van der Waals surface area contributed by atoms with Crippen LogP contribution in [-0.4, -0.2) is 10.2 Å². The Kier molecular flexibility index (Phi) is 3.01. The average Bonchev–Trinajstić information content (AvgIpc) is 2.26. The van der Waals surface area contributed by atoms with Gasteiger partial charge in [-0.05, 0) is 35.1 Å². The zero-order valence-corrected chi connectivity index (χ0v) is 10.9. The van der Waals surface area contributed by atoms with E-state index in [-0.39, 0.29) is 0 Å². The molecular weight excluding hydrogens is 210 g/mol. The van der Waals surface area contributed by atoms with Crippen molar-refractivity contribution in [2.45, 2.75) is 39.5 Å². The molecule has 0 amide bonds. The number of nitrogens with zero attached hydrogens (tertiary/aromatic N) is 2. The van der Waals surface area contributed by atoms with Crippen LogP contribution in [0.3, 0.4) is 0 Å². The van der Waals surface area contributed by atoms with Gasteiger partial charge in [-0.3, -0.25) is 0 Å². The van der Waals surface area contributed by atoms with Crippen molar-refractivity contribution in [2.24, 2.45) is 0 Å². The minimum absolute atomic E-state index is 0.439. The van der Waals surface area contributed by atoms with Crippen molar-refractivity contribution in [3.8, 4) is 0 Å². The van der Waals surface area contributed by atoms with Crippen LogP contribution in [-0.2, 0) is 0 Å². The molecule has 0 unspecified atom stereocenters. The minimum atomic E-state index is 0.439. The molecule has 17 heavy (non-hydrogen) atoms. The van der Waals surface area contributed by atoms with Gasteiger partial charge in [0.05, 0.1) is 5.52 Å². The lowest BCUT2D eigenvalue weighted by Gasteiger charge is -2.14. The van der Waals surface area contributed by atoms with Crippen molar-refractivity contribution in [2.75, 3.05) is 5.73 Å². The lowest BCUT2D eigenvalue weighted by Crippen LogP contribution is -2.00. The predicted molar refractivity (Wildman–Crippen MR) is 72.1 cm³/mol. The molecule has 3 nitrogen and oxygen atoms in total. The fraction of sp³-hybridized carbons (Fsp3) is 0.429. The van der Waals surface area contributed by atoms with E-state index < -0.39 is 0 Å². The molecule has 90 valence electrons. The number of nitrogen functional groups attached to an aromatic ring is 1. The van der Waals surface area contributed by atoms with Crippen molar-refractivity contribution in [1.29, 1.82) is 0 Å². The first-order valence-electron chi connectivity index (χ1n) is 6.05. The molecule has 0 radical (unpaired) electrons. The molecule has 0 spiro atoms. The summed E-state index contributed by atoms with van der Waals surface area (Å²) in [5, 5.41) is 9.27. The minimum Gasteiger partial charge on any atom is -0.382 e. The molecular formula is C14H19N3. The Bertz CT molecular complexity index is 544. The first-order chi connectivity index (χ1) is 7.99. The van der Waals surface area contributed by atoms with E-state index in [2.05, 4.69) is 50.0 Å². The maximum atomic E-state index is 5.70. The second-order valence-electron chi connectivity index (χ2n) is 5.13. The number of anilines is 1. The zero-order valence-electron chi connectivity index (χ0n) is 10.9. The number of fused-ring (bicyclic) bond motifs is 1. The van der Waals surface area contributed by atoms with Crippen LogP contribution < -0.4 is 5.73 Å². The van der Waals surface area contributed by atoms with Gasteiger partial charge < -0.3 is 5.73 Å². The Labute approximate surface area is 102 Å². The highest BCUT2D eigenvalue weighted by atomic mass is 15.1. The summed E-state index contributed by atoms with van der Waals surface area (Å²) in [6.45, 7) is 8.75. The molecule has 0 aliphatic carbocycles. The molecule has 1 heterocycles. The van der Waals surface area contributed by atoms with Gasteiger partial charge in [0.1, 0.15) is 5.82 Å². The van der Waals surface area contributed by atoms with Crippen molar-refractivity contribution in [3.05, 3.63) is 29.3 Å². The molecule has 0 saturated heterocycles. The first kappa shape index (κ1) is 11.8. The summed E-state index contributed by atoms with van der Waals surface area (Å²) in [5.74, 6) is 1.42. The normalized spacial score (nSPS) is 11.6. The number of benzene rings is 1. The Morgan fingerprint density at radius 2 is 1.65 bits per heavy atom. The standard InChI is InChI=1S/C14H19N3/c1-8(2)10-5-11-7-13(15)16-17-14(11)12(6-10)9(3)4/h5-9H,1-4H3,(H2,15,16). The summed E-state index contributed by atoms with van der Waals surface area (Å²) in [5.41, 5.74) is 9.25. The number of hydrogen-bond donors (Lipinski definition) is 1. The van der Waals surface area contributed by atoms with Gasteiger partial charge in [-0.2, -0.15) is 0 Å². The number of nitrogens with two attached hydrogens (primary N) is 1. The van der Waals surface area contributed by atoms with Crippen LogP contribution in [0.15, 0.2) is 18.2 Å². The second-order valence-corrected chi connectivity index (χ2v) is 5.13. The van der Waals surface area contributed by atoms with Crippen molar-refractivity contribution < 1.29 is 0 Å². The molecule has 1 aromatic carbocycles. The molecule has 0 saturated carbocycles. The fourth-order valence-electron chi connectivity index (χ4n) is 2.00. The Morgan fingerprint density at radius 1 is 0.941 bits per heavy atom. The van der Waals surface area contributed by atoms with Gasteiger partial charge in [-0.15, -0.1) is 10.2 Å². The number of aromatic nitrogens is 2. The van der Waals surface area contributed by atoms with E-state index >= 15 is 0 Å². The highest BCUT2D eigenvalue weighted by molar-refractivity contribution is 5.84. The molecule has 0 atom stereocenters. The van der Waals surface area contributed by atoms with Gasteiger partial charge in [-0.25, -0.2) is 0 Å². The lowest BCUT2D eigenvalue weighted by atomic mass is 9.93. The van der Waals surface area contributed by atoms with Gasteiger partial charge in [0.25, 0.3) is 0 Å². The van der Waals surface area contributed by atoms with Crippen LogP contribution >= 0.6 is 0 Å². The molecule has 0 aliphatic rings. The number of hydrogen-bond acceptors (Lipinski definition) is 3. The topological polar surface area (TPSA) is 51.8 Å². The van der Waals surface area contributed by atoms with Crippen LogP contribution in [0, 0.1) is 0 Å². The SMILES string of the molecule is CC(C)c1cc(C(C)C)c2nnc(N)cc2c1.